The van der Waals surface area contributed by atoms with Crippen LogP contribution in [0.1, 0.15) is 0 Å². The molecule has 0 radical (unpaired) electrons. The zero-order valence-corrected chi connectivity index (χ0v) is 10.3. The summed E-state index contributed by atoms with van der Waals surface area (Å²) in [6.07, 6.45) is 2.32. The molecule has 2 N–H and O–H groups in total. The highest BCUT2D eigenvalue weighted by Crippen LogP contribution is 2.35. The van der Waals surface area contributed by atoms with Gasteiger partial charge in [-0.2, -0.15) is 0 Å². The Bertz CT molecular complexity index is 543. The van der Waals surface area contributed by atoms with Crippen molar-refractivity contribution in [3.05, 3.63) is 47.2 Å². The minimum Gasteiger partial charge on any atom is -0.409 e. The normalized spacial score (nSPS) is 9.94. The van der Waals surface area contributed by atoms with Gasteiger partial charge in [-0.25, -0.2) is 4.79 Å². The molecule has 0 saturated carbocycles. The Hall–Kier alpha value is -1.88. The molecule has 5 heteroatoms. The summed E-state index contributed by atoms with van der Waals surface area (Å²) < 4.78 is 5.56. The Kier molecular flexibility index (Phi) is 3.39. The molecule has 0 aliphatic heterocycles. The second-order valence-corrected chi connectivity index (χ2v) is 4.14. The number of rotatable bonds is 2. The van der Waals surface area contributed by atoms with Crippen molar-refractivity contribution in [2.75, 3.05) is 0 Å². The van der Waals surface area contributed by atoms with Crippen molar-refractivity contribution in [1.29, 1.82) is 0 Å². The molecule has 0 aliphatic rings. The van der Waals surface area contributed by atoms with Crippen molar-refractivity contribution in [2.45, 2.75) is 0 Å². The van der Waals surface area contributed by atoms with E-state index in [1.165, 1.54) is 0 Å². The lowest BCUT2D eigenvalue weighted by Gasteiger charge is -2.09. The van der Waals surface area contributed by atoms with E-state index in [0.717, 1.165) is 5.56 Å². The molecule has 0 saturated heterocycles. The fourth-order valence-corrected chi connectivity index (χ4v) is 1.86. The lowest BCUT2D eigenvalue weighted by atomic mass is 10.1. The van der Waals surface area contributed by atoms with Gasteiger partial charge in [-0.15, -0.1) is 0 Å². The lowest BCUT2D eigenvalue weighted by molar-refractivity contribution is 0.210. The molecule has 0 aliphatic carbocycles. The topological polar surface area (TPSA) is 65.2 Å². The Balaban J connectivity index is 2.54. The van der Waals surface area contributed by atoms with E-state index in [0.29, 0.717) is 15.8 Å². The fraction of sp³-hybridized carbons (Fsp3) is 0. The number of pyridine rings is 1. The Morgan fingerprint density at radius 1 is 1.24 bits per heavy atom. The highest BCUT2D eigenvalue weighted by atomic mass is 79.9. The van der Waals surface area contributed by atoms with Gasteiger partial charge in [-0.1, -0.05) is 30.3 Å². The average molecular weight is 293 g/mol. The molecular weight excluding hydrogens is 284 g/mol. The number of carbonyl (C=O) groups is 1. The molecule has 0 spiro atoms. The van der Waals surface area contributed by atoms with Crippen molar-refractivity contribution in [3.8, 4) is 16.9 Å². The summed E-state index contributed by atoms with van der Waals surface area (Å²) >= 11 is 3.28. The Labute approximate surface area is 107 Å². The van der Waals surface area contributed by atoms with Crippen molar-refractivity contribution in [2.24, 2.45) is 5.73 Å². The van der Waals surface area contributed by atoms with E-state index in [1.807, 2.05) is 30.3 Å². The van der Waals surface area contributed by atoms with Gasteiger partial charge in [0.1, 0.15) is 0 Å². The van der Waals surface area contributed by atoms with Gasteiger partial charge < -0.3 is 10.5 Å². The van der Waals surface area contributed by atoms with Crippen molar-refractivity contribution in [1.82, 2.24) is 4.98 Å². The van der Waals surface area contributed by atoms with Gasteiger partial charge in [0.25, 0.3) is 0 Å². The molecule has 0 unspecified atom stereocenters. The Morgan fingerprint density at radius 3 is 2.59 bits per heavy atom. The van der Waals surface area contributed by atoms with Gasteiger partial charge in [-0.05, 0) is 21.5 Å². The first-order valence-electron chi connectivity index (χ1n) is 4.84. The first kappa shape index (κ1) is 11.6. The monoisotopic (exact) mass is 292 g/mol. The number of carbonyl (C=O) groups excluding carboxylic acids is 1. The highest BCUT2D eigenvalue weighted by Gasteiger charge is 2.12. The van der Waals surface area contributed by atoms with Crippen LogP contribution in [0, 0.1) is 0 Å². The zero-order chi connectivity index (χ0) is 12.3. The third-order valence-electron chi connectivity index (χ3n) is 2.14. The number of benzene rings is 1. The van der Waals surface area contributed by atoms with Gasteiger partial charge in [0, 0.05) is 18.0 Å². The summed E-state index contributed by atoms with van der Waals surface area (Å²) in [7, 11) is 0. The third kappa shape index (κ3) is 2.62. The van der Waals surface area contributed by atoms with Gasteiger partial charge in [0.05, 0.1) is 4.47 Å². The molecule has 1 heterocycles. The number of amides is 1. The van der Waals surface area contributed by atoms with E-state index in [-0.39, 0.29) is 0 Å². The molecule has 2 rings (SSSR count). The second kappa shape index (κ2) is 4.97. The molecule has 1 aromatic carbocycles. The molecule has 17 heavy (non-hydrogen) atoms. The van der Waals surface area contributed by atoms with Crippen molar-refractivity contribution >= 4 is 22.0 Å². The number of halogens is 1. The minimum atomic E-state index is -0.853. The van der Waals surface area contributed by atoms with Crippen molar-refractivity contribution < 1.29 is 9.53 Å². The van der Waals surface area contributed by atoms with E-state index in [2.05, 4.69) is 20.9 Å². The SMILES string of the molecule is NC(=O)Oc1c(Br)cncc1-c1ccccc1. The molecule has 0 fully saturated rings. The van der Waals surface area contributed by atoms with Gasteiger partial charge in [-0.3, -0.25) is 4.98 Å². The molecule has 0 bridgehead atoms. The average Bonchev–Trinajstić information content (AvgIpc) is 2.32. The summed E-state index contributed by atoms with van der Waals surface area (Å²) in [6, 6.07) is 9.49. The van der Waals surface area contributed by atoms with Crippen LogP contribution in [-0.4, -0.2) is 11.1 Å². The van der Waals surface area contributed by atoms with Crippen LogP contribution < -0.4 is 10.5 Å². The summed E-state index contributed by atoms with van der Waals surface area (Å²) in [4.78, 5) is 14.9. The van der Waals surface area contributed by atoms with Crippen LogP contribution in [0.5, 0.6) is 5.75 Å². The number of ether oxygens (including phenoxy) is 1. The predicted molar refractivity (Wildman–Crippen MR) is 67.6 cm³/mol. The fourth-order valence-electron chi connectivity index (χ4n) is 1.45. The van der Waals surface area contributed by atoms with Crippen LogP contribution in [0.25, 0.3) is 11.1 Å². The number of nitrogens with two attached hydrogens (primary N) is 1. The molecule has 2 aromatic rings. The van der Waals surface area contributed by atoms with Gasteiger partial charge >= 0.3 is 6.09 Å². The maximum absolute atomic E-state index is 10.9. The maximum Gasteiger partial charge on any atom is 0.410 e. The van der Waals surface area contributed by atoms with Crippen molar-refractivity contribution in [3.63, 3.8) is 0 Å². The maximum atomic E-state index is 10.9. The summed E-state index contributed by atoms with van der Waals surface area (Å²) in [5.41, 5.74) is 6.65. The molecule has 1 aromatic heterocycles. The molecule has 1 amide bonds. The van der Waals surface area contributed by atoms with Crippen LogP contribution in [-0.2, 0) is 0 Å². The molecular formula is C12H9BrN2O2. The van der Waals surface area contributed by atoms with Crippen LogP contribution in [0.3, 0.4) is 0 Å². The Morgan fingerprint density at radius 2 is 1.94 bits per heavy atom. The molecule has 86 valence electrons. The van der Waals surface area contributed by atoms with Gasteiger partial charge in [0.15, 0.2) is 5.75 Å². The van der Waals surface area contributed by atoms with Crippen LogP contribution >= 0.6 is 15.9 Å². The largest absolute Gasteiger partial charge is 0.410 e. The van der Waals surface area contributed by atoms with Gasteiger partial charge in [0.2, 0.25) is 0 Å². The van der Waals surface area contributed by atoms with E-state index < -0.39 is 6.09 Å². The highest BCUT2D eigenvalue weighted by molar-refractivity contribution is 9.10. The van der Waals surface area contributed by atoms with E-state index in [9.17, 15) is 4.79 Å². The summed E-state index contributed by atoms with van der Waals surface area (Å²) in [5, 5.41) is 0. The number of aromatic nitrogens is 1. The van der Waals surface area contributed by atoms with E-state index in [4.69, 9.17) is 10.5 Å². The first-order valence-corrected chi connectivity index (χ1v) is 5.64. The number of primary amides is 1. The number of hydrogen-bond acceptors (Lipinski definition) is 3. The standard InChI is InChI=1S/C12H9BrN2O2/c13-10-7-15-6-9(11(10)17-12(14)16)8-4-2-1-3-5-8/h1-7H,(H2,14,16). The predicted octanol–water partition coefficient (Wildman–Crippen LogP) is 2.97. The molecule has 0 atom stereocenters. The number of nitrogens with zero attached hydrogens (tertiary/aromatic N) is 1. The minimum absolute atomic E-state index is 0.374. The zero-order valence-electron chi connectivity index (χ0n) is 8.76. The summed E-state index contributed by atoms with van der Waals surface area (Å²) in [5.74, 6) is 0.374. The van der Waals surface area contributed by atoms with E-state index >= 15 is 0 Å². The number of hydrogen-bond donors (Lipinski definition) is 1. The van der Waals surface area contributed by atoms with E-state index in [1.54, 1.807) is 12.4 Å². The summed E-state index contributed by atoms with van der Waals surface area (Å²) in [6.45, 7) is 0. The smallest absolute Gasteiger partial charge is 0.409 e. The van der Waals surface area contributed by atoms with Crippen LogP contribution in [0.4, 0.5) is 4.79 Å². The third-order valence-corrected chi connectivity index (χ3v) is 2.71. The molecule has 4 nitrogen and oxygen atoms in total. The second-order valence-electron chi connectivity index (χ2n) is 3.29. The van der Waals surface area contributed by atoms with Crippen LogP contribution in [0.15, 0.2) is 47.2 Å². The quantitative estimate of drug-likeness (QED) is 0.925. The van der Waals surface area contributed by atoms with Crippen LogP contribution in [0.2, 0.25) is 0 Å². The first-order chi connectivity index (χ1) is 8.18. The lowest BCUT2D eigenvalue weighted by Crippen LogP contribution is -2.17.